The van der Waals surface area contributed by atoms with E-state index in [-0.39, 0.29) is 12.0 Å². The van der Waals surface area contributed by atoms with Crippen LogP contribution in [0.1, 0.15) is 30.6 Å². The molecule has 0 saturated heterocycles. The molecular weight excluding hydrogens is 274 g/mol. The quantitative estimate of drug-likeness (QED) is 0.677. The number of amides is 1. The largest absolute Gasteiger partial charge is 0.482 e. The van der Waals surface area contributed by atoms with Gasteiger partial charge in [0.1, 0.15) is 5.75 Å². The van der Waals surface area contributed by atoms with E-state index in [1.807, 2.05) is 13.8 Å². The van der Waals surface area contributed by atoms with Gasteiger partial charge in [-0.3, -0.25) is 4.79 Å². The number of rotatable bonds is 9. The summed E-state index contributed by atoms with van der Waals surface area (Å²) in [5.74, 6) is -0.927. The third-order valence-corrected chi connectivity index (χ3v) is 2.52. The third kappa shape index (κ3) is 7.31. The number of carboxylic acid groups (broad SMARTS) is 1. The molecule has 0 spiro atoms. The van der Waals surface area contributed by atoms with Crippen LogP contribution in [0.4, 0.5) is 0 Å². The molecule has 1 rings (SSSR count). The van der Waals surface area contributed by atoms with Crippen LogP contribution < -0.4 is 10.1 Å². The minimum Gasteiger partial charge on any atom is -0.482 e. The lowest BCUT2D eigenvalue weighted by atomic mass is 10.2. The topological polar surface area (TPSA) is 84.9 Å². The molecule has 0 aromatic heterocycles. The third-order valence-electron chi connectivity index (χ3n) is 2.52. The Balaban J connectivity index is 2.39. The first kappa shape index (κ1) is 17.0. The van der Waals surface area contributed by atoms with E-state index >= 15 is 0 Å². The molecule has 0 radical (unpaired) electrons. The van der Waals surface area contributed by atoms with Gasteiger partial charge in [0.2, 0.25) is 0 Å². The molecule has 0 saturated carbocycles. The zero-order valence-corrected chi connectivity index (χ0v) is 12.3. The molecule has 1 amide bonds. The average Bonchev–Trinajstić information content (AvgIpc) is 2.44. The van der Waals surface area contributed by atoms with E-state index in [0.717, 1.165) is 6.42 Å². The monoisotopic (exact) mass is 295 g/mol. The molecule has 21 heavy (non-hydrogen) atoms. The number of ether oxygens (including phenoxy) is 2. The van der Waals surface area contributed by atoms with Crippen molar-refractivity contribution in [3.63, 3.8) is 0 Å². The maximum absolute atomic E-state index is 11.9. The highest BCUT2D eigenvalue weighted by Gasteiger charge is 2.07. The molecule has 1 aromatic rings. The fourth-order valence-electron chi connectivity index (χ4n) is 1.57. The maximum atomic E-state index is 11.9. The van der Waals surface area contributed by atoms with Crippen molar-refractivity contribution in [3.8, 4) is 5.75 Å². The van der Waals surface area contributed by atoms with Gasteiger partial charge >= 0.3 is 5.97 Å². The summed E-state index contributed by atoms with van der Waals surface area (Å²) in [5, 5.41) is 11.3. The molecule has 0 heterocycles. The molecule has 6 heteroatoms. The molecular formula is C15H21NO5. The highest BCUT2D eigenvalue weighted by molar-refractivity contribution is 5.94. The van der Waals surface area contributed by atoms with Crippen LogP contribution in [-0.2, 0) is 9.53 Å². The first-order chi connectivity index (χ1) is 9.99. The second kappa shape index (κ2) is 8.97. The number of carboxylic acids is 1. The van der Waals surface area contributed by atoms with Crippen molar-refractivity contribution in [1.82, 2.24) is 5.32 Å². The summed E-state index contributed by atoms with van der Waals surface area (Å²) in [6.07, 6.45) is 0.919. The van der Waals surface area contributed by atoms with Crippen LogP contribution in [0.15, 0.2) is 24.3 Å². The van der Waals surface area contributed by atoms with Crippen LogP contribution in [0.3, 0.4) is 0 Å². The van der Waals surface area contributed by atoms with E-state index in [1.54, 1.807) is 18.2 Å². The number of hydrogen-bond acceptors (Lipinski definition) is 4. The number of benzene rings is 1. The Bertz CT molecular complexity index is 473. The number of aliphatic carboxylic acids is 1. The van der Waals surface area contributed by atoms with Crippen LogP contribution >= 0.6 is 0 Å². The van der Waals surface area contributed by atoms with Gasteiger partial charge in [0.05, 0.1) is 6.10 Å². The van der Waals surface area contributed by atoms with Crippen molar-refractivity contribution in [2.45, 2.75) is 26.4 Å². The van der Waals surface area contributed by atoms with Crippen molar-refractivity contribution >= 4 is 11.9 Å². The molecule has 2 N–H and O–H groups in total. The van der Waals surface area contributed by atoms with Crippen LogP contribution in [0.5, 0.6) is 5.75 Å². The Morgan fingerprint density at radius 2 is 2.10 bits per heavy atom. The van der Waals surface area contributed by atoms with Crippen molar-refractivity contribution in [1.29, 1.82) is 0 Å². The molecule has 116 valence electrons. The average molecular weight is 295 g/mol. The molecule has 0 aliphatic carbocycles. The van der Waals surface area contributed by atoms with Crippen molar-refractivity contribution in [2.24, 2.45) is 0 Å². The predicted octanol–water partition coefficient (Wildman–Crippen LogP) is 1.69. The van der Waals surface area contributed by atoms with Gasteiger partial charge in [-0.05, 0) is 38.5 Å². The van der Waals surface area contributed by atoms with Crippen molar-refractivity contribution in [2.75, 3.05) is 19.8 Å². The van der Waals surface area contributed by atoms with E-state index < -0.39 is 12.6 Å². The van der Waals surface area contributed by atoms with Gasteiger partial charge in [0.15, 0.2) is 6.61 Å². The smallest absolute Gasteiger partial charge is 0.341 e. The Labute approximate surface area is 124 Å². The summed E-state index contributed by atoms with van der Waals surface area (Å²) in [5.41, 5.74) is 0.433. The second-order valence-electron chi connectivity index (χ2n) is 4.74. The maximum Gasteiger partial charge on any atom is 0.341 e. The van der Waals surface area contributed by atoms with Crippen molar-refractivity contribution < 1.29 is 24.2 Å². The minimum absolute atomic E-state index is 0.184. The molecule has 0 unspecified atom stereocenters. The highest BCUT2D eigenvalue weighted by atomic mass is 16.5. The number of carbonyl (C=O) groups is 2. The van der Waals surface area contributed by atoms with Gasteiger partial charge < -0.3 is 19.9 Å². The minimum atomic E-state index is -1.06. The summed E-state index contributed by atoms with van der Waals surface area (Å²) in [7, 11) is 0. The lowest BCUT2D eigenvalue weighted by molar-refractivity contribution is -0.139. The zero-order chi connectivity index (χ0) is 15.7. The van der Waals surface area contributed by atoms with Gasteiger partial charge in [-0.1, -0.05) is 6.07 Å². The fourth-order valence-corrected chi connectivity index (χ4v) is 1.57. The molecule has 0 aliphatic rings. The molecule has 0 aliphatic heterocycles. The number of carbonyl (C=O) groups excluding carboxylic acids is 1. The molecule has 0 atom stereocenters. The number of nitrogens with one attached hydrogen (secondary N) is 1. The van der Waals surface area contributed by atoms with Crippen LogP contribution in [0.25, 0.3) is 0 Å². The lowest BCUT2D eigenvalue weighted by Crippen LogP contribution is -2.25. The Morgan fingerprint density at radius 3 is 2.76 bits per heavy atom. The van der Waals surface area contributed by atoms with Crippen molar-refractivity contribution in [3.05, 3.63) is 29.8 Å². The Kier molecular flexibility index (Phi) is 7.25. The highest BCUT2D eigenvalue weighted by Crippen LogP contribution is 2.13. The zero-order valence-electron chi connectivity index (χ0n) is 12.3. The standard InChI is InChI=1S/C15H21NO5/c1-11(2)20-8-4-7-16-15(19)12-5-3-6-13(9-12)21-10-14(17)18/h3,5-6,9,11H,4,7-8,10H2,1-2H3,(H,16,19)(H,17,18). The molecule has 0 bridgehead atoms. The summed E-state index contributed by atoms with van der Waals surface area (Å²) >= 11 is 0. The molecule has 0 fully saturated rings. The van der Waals surface area contributed by atoms with Gasteiger partial charge in [0.25, 0.3) is 5.91 Å². The van der Waals surface area contributed by atoms with Crippen LogP contribution in [0.2, 0.25) is 0 Å². The first-order valence-corrected chi connectivity index (χ1v) is 6.83. The molecule has 6 nitrogen and oxygen atoms in total. The normalized spacial score (nSPS) is 10.4. The fraction of sp³-hybridized carbons (Fsp3) is 0.467. The van der Waals surface area contributed by atoms with E-state index in [1.165, 1.54) is 6.07 Å². The summed E-state index contributed by atoms with van der Waals surface area (Å²) in [6, 6.07) is 6.42. The summed E-state index contributed by atoms with van der Waals surface area (Å²) in [4.78, 5) is 22.3. The Morgan fingerprint density at radius 1 is 1.33 bits per heavy atom. The predicted molar refractivity (Wildman–Crippen MR) is 77.6 cm³/mol. The van der Waals surface area contributed by atoms with E-state index in [2.05, 4.69) is 5.32 Å². The van der Waals surface area contributed by atoms with E-state index in [9.17, 15) is 9.59 Å². The van der Waals surface area contributed by atoms with Gasteiger partial charge in [-0.15, -0.1) is 0 Å². The first-order valence-electron chi connectivity index (χ1n) is 6.83. The summed E-state index contributed by atoms with van der Waals surface area (Å²) < 4.78 is 10.4. The van der Waals surface area contributed by atoms with Crippen LogP contribution in [-0.4, -0.2) is 42.8 Å². The van der Waals surface area contributed by atoms with Gasteiger partial charge in [0, 0.05) is 18.7 Å². The van der Waals surface area contributed by atoms with E-state index in [4.69, 9.17) is 14.6 Å². The summed E-state index contributed by atoms with van der Waals surface area (Å²) in [6.45, 7) is 4.60. The van der Waals surface area contributed by atoms with Gasteiger partial charge in [-0.2, -0.15) is 0 Å². The second-order valence-corrected chi connectivity index (χ2v) is 4.74. The Hall–Kier alpha value is -2.08. The van der Waals surface area contributed by atoms with Crippen LogP contribution in [0, 0.1) is 0 Å². The van der Waals surface area contributed by atoms with Gasteiger partial charge in [-0.25, -0.2) is 4.79 Å². The number of hydrogen-bond donors (Lipinski definition) is 2. The SMILES string of the molecule is CC(C)OCCCNC(=O)c1cccc(OCC(=O)O)c1. The molecule has 1 aromatic carbocycles. The lowest BCUT2D eigenvalue weighted by Gasteiger charge is -2.09. The van der Waals surface area contributed by atoms with E-state index in [0.29, 0.717) is 24.5 Å².